The number of hydrogen-bond donors (Lipinski definition) is 3. The van der Waals surface area contributed by atoms with Crippen molar-refractivity contribution in [3.8, 4) is 5.75 Å². The molecule has 0 aliphatic carbocycles. The maximum Gasteiger partial charge on any atom is 0.321 e. The highest BCUT2D eigenvalue weighted by molar-refractivity contribution is 6.00. The molecular formula is C21H21N3O6. The highest BCUT2D eigenvalue weighted by Gasteiger charge is 2.31. The van der Waals surface area contributed by atoms with Crippen molar-refractivity contribution in [2.75, 3.05) is 5.32 Å². The third-order valence-electron chi connectivity index (χ3n) is 4.27. The first kappa shape index (κ1) is 20.8. The van der Waals surface area contributed by atoms with Gasteiger partial charge < -0.3 is 20.1 Å². The second-order valence-electron chi connectivity index (χ2n) is 6.59. The van der Waals surface area contributed by atoms with Crippen molar-refractivity contribution in [3.63, 3.8) is 0 Å². The maximum absolute atomic E-state index is 12.1. The van der Waals surface area contributed by atoms with Gasteiger partial charge in [0.1, 0.15) is 5.75 Å². The number of para-hydroxylation sites is 2. The molecule has 2 atom stereocenters. The highest BCUT2D eigenvalue weighted by Crippen LogP contribution is 2.29. The molecule has 3 rings (SSSR count). The second-order valence-corrected chi connectivity index (χ2v) is 6.59. The molecule has 0 fully saturated rings. The van der Waals surface area contributed by atoms with Gasteiger partial charge in [0.25, 0.3) is 11.8 Å². The number of carbonyl (C=O) groups is 4. The minimum Gasteiger partial charge on any atom is -0.478 e. The van der Waals surface area contributed by atoms with E-state index in [2.05, 4.69) is 16.0 Å². The van der Waals surface area contributed by atoms with Crippen LogP contribution in [0.5, 0.6) is 5.75 Å². The smallest absolute Gasteiger partial charge is 0.321 e. The molecule has 0 spiro atoms. The number of nitrogens with one attached hydrogen (secondary N) is 3. The first-order valence-corrected chi connectivity index (χ1v) is 9.31. The van der Waals surface area contributed by atoms with E-state index in [-0.39, 0.29) is 13.0 Å². The Morgan fingerprint density at radius 2 is 1.80 bits per heavy atom. The number of carbonyl (C=O) groups excluding carboxylic acids is 4. The number of anilines is 1. The number of imide groups is 1. The Morgan fingerprint density at radius 3 is 2.57 bits per heavy atom. The van der Waals surface area contributed by atoms with E-state index < -0.39 is 36.0 Å². The summed E-state index contributed by atoms with van der Waals surface area (Å²) in [6.07, 6.45) is -2.67. The van der Waals surface area contributed by atoms with E-state index in [1.54, 1.807) is 24.3 Å². The van der Waals surface area contributed by atoms with Crippen LogP contribution in [0.1, 0.15) is 18.9 Å². The minimum atomic E-state index is -1.22. The third kappa shape index (κ3) is 5.57. The van der Waals surface area contributed by atoms with Gasteiger partial charge in [-0.05, 0) is 24.6 Å². The van der Waals surface area contributed by atoms with E-state index in [4.69, 9.17) is 9.47 Å². The Labute approximate surface area is 172 Å². The van der Waals surface area contributed by atoms with E-state index in [0.717, 1.165) is 5.56 Å². The molecule has 156 valence electrons. The second kappa shape index (κ2) is 9.55. The molecule has 0 radical (unpaired) electrons. The van der Waals surface area contributed by atoms with E-state index in [9.17, 15) is 19.2 Å². The number of amides is 4. The summed E-state index contributed by atoms with van der Waals surface area (Å²) in [5.74, 6) is -1.63. The van der Waals surface area contributed by atoms with Crippen molar-refractivity contribution in [2.45, 2.75) is 32.1 Å². The van der Waals surface area contributed by atoms with Gasteiger partial charge in [0.05, 0.1) is 12.1 Å². The lowest BCUT2D eigenvalue weighted by Crippen LogP contribution is -2.45. The maximum atomic E-state index is 12.1. The molecule has 0 saturated carbocycles. The standard InChI is InChI=1S/C21H21N3O6/c1-13(19(26)24-21(28)22-12-14-7-3-2-4-8-14)29-18(25)11-17-20(27)23-15-9-5-6-10-16(15)30-17/h2-10,13,17H,11-12H2,1H3,(H,23,27)(H2,22,24,26,28)/t13-,17+/m0/s1. The normalized spacial score (nSPS) is 15.6. The summed E-state index contributed by atoms with van der Waals surface area (Å²) in [5, 5.41) is 7.28. The lowest BCUT2D eigenvalue weighted by atomic mass is 10.1. The van der Waals surface area contributed by atoms with Gasteiger partial charge >= 0.3 is 12.0 Å². The zero-order valence-corrected chi connectivity index (χ0v) is 16.2. The molecule has 0 aromatic heterocycles. The summed E-state index contributed by atoms with van der Waals surface area (Å²) in [5.41, 5.74) is 1.38. The first-order chi connectivity index (χ1) is 14.4. The number of urea groups is 1. The molecule has 2 aromatic rings. The van der Waals surface area contributed by atoms with E-state index >= 15 is 0 Å². The number of benzene rings is 2. The molecule has 9 heteroatoms. The molecule has 1 heterocycles. The van der Waals surface area contributed by atoms with Gasteiger partial charge in [0.15, 0.2) is 12.2 Å². The quantitative estimate of drug-likeness (QED) is 0.622. The summed E-state index contributed by atoms with van der Waals surface area (Å²) in [6, 6.07) is 15.3. The van der Waals surface area contributed by atoms with Crippen molar-refractivity contribution < 1.29 is 28.7 Å². The number of ether oxygens (including phenoxy) is 2. The molecular weight excluding hydrogens is 390 g/mol. The molecule has 3 N–H and O–H groups in total. The van der Waals surface area contributed by atoms with Gasteiger partial charge in [-0.3, -0.25) is 19.7 Å². The van der Waals surface area contributed by atoms with Crippen molar-refractivity contribution in [3.05, 3.63) is 60.2 Å². The van der Waals surface area contributed by atoms with Crippen LogP contribution in [0, 0.1) is 0 Å². The van der Waals surface area contributed by atoms with Gasteiger partial charge in [-0.25, -0.2) is 4.79 Å². The molecule has 0 bridgehead atoms. The van der Waals surface area contributed by atoms with Crippen molar-refractivity contribution in [1.29, 1.82) is 0 Å². The van der Waals surface area contributed by atoms with Gasteiger partial charge in [-0.1, -0.05) is 42.5 Å². The van der Waals surface area contributed by atoms with Crippen LogP contribution in [0.15, 0.2) is 54.6 Å². The monoisotopic (exact) mass is 411 g/mol. The molecule has 0 saturated heterocycles. The summed E-state index contributed by atoms with van der Waals surface area (Å²) < 4.78 is 10.5. The predicted octanol–water partition coefficient (Wildman–Crippen LogP) is 1.73. The average molecular weight is 411 g/mol. The van der Waals surface area contributed by atoms with Crippen LogP contribution in [-0.4, -0.2) is 36.0 Å². The van der Waals surface area contributed by atoms with Crippen LogP contribution in [0.4, 0.5) is 10.5 Å². The SMILES string of the molecule is C[C@H](OC(=O)C[C@H]1Oc2ccccc2NC1=O)C(=O)NC(=O)NCc1ccccc1. The fraction of sp³-hybridized carbons (Fsp3) is 0.238. The Hall–Kier alpha value is -3.88. The summed E-state index contributed by atoms with van der Waals surface area (Å²) >= 11 is 0. The molecule has 30 heavy (non-hydrogen) atoms. The molecule has 2 aromatic carbocycles. The first-order valence-electron chi connectivity index (χ1n) is 9.31. The van der Waals surface area contributed by atoms with Crippen LogP contribution >= 0.6 is 0 Å². The Balaban J connectivity index is 1.44. The van der Waals surface area contributed by atoms with Gasteiger partial charge in [-0.2, -0.15) is 0 Å². The topological polar surface area (TPSA) is 123 Å². The number of esters is 1. The number of rotatable bonds is 6. The number of fused-ring (bicyclic) bond motifs is 1. The van der Waals surface area contributed by atoms with E-state index in [0.29, 0.717) is 11.4 Å². The zero-order chi connectivity index (χ0) is 21.5. The van der Waals surface area contributed by atoms with Crippen LogP contribution in [0.25, 0.3) is 0 Å². The Bertz CT molecular complexity index is 947. The van der Waals surface area contributed by atoms with Gasteiger partial charge in [0.2, 0.25) is 0 Å². The molecule has 1 aliphatic heterocycles. The molecule has 0 unspecified atom stereocenters. The molecule has 1 aliphatic rings. The Kier molecular flexibility index (Phi) is 6.63. The minimum absolute atomic E-state index is 0.240. The molecule has 4 amide bonds. The van der Waals surface area contributed by atoms with E-state index in [1.165, 1.54) is 6.92 Å². The summed E-state index contributed by atoms with van der Waals surface area (Å²) in [6.45, 7) is 1.57. The zero-order valence-electron chi connectivity index (χ0n) is 16.2. The lowest BCUT2D eigenvalue weighted by molar-refractivity contribution is -0.157. The van der Waals surface area contributed by atoms with Crippen LogP contribution in [-0.2, 0) is 25.7 Å². The predicted molar refractivity (Wildman–Crippen MR) is 106 cm³/mol. The average Bonchev–Trinajstić information content (AvgIpc) is 2.73. The largest absolute Gasteiger partial charge is 0.478 e. The highest BCUT2D eigenvalue weighted by atomic mass is 16.6. The fourth-order valence-corrected chi connectivity index (χ4v) is 2.71. The lowest BCUT2D eigenvalue weighted by Gasteiger charge is -2.25. The van der Waals surface area contributed by atoms with Gasteiger partial charge in [-0.15, -0.1) is 0 Å². The van der Waals surface area contributed by atoms with Gasteiger partial charge in [0, 0.05) is 6.54 Å². The van der Waals surface area contributed by atoms with Crippen LogP contribution in [0.3, 0.4) is 0 Å². The van der Waals surface area contributed by atoms with Crippen LogP contribution < -0.4 is 20.7 Å². The number of hydrogen-bond acceptors (Lipinski definition) is 6. The Morgan fingerprint density at radius 1 is 1.10 bits per heavy atom. The van der Waals surface area contributed by atoms with Crippen LogP contribution in [0.2, 0.25) is 0 Å². The van der Waals surface area contributed by atoms with E-state index in [1.807, 2.05) is 30.3 Å². The van der Waals surface area contributed by atoms with Crippen molar-refractivity contribution in [2.24, 2.45) is 0 Å². The molecule has 9 nitrogen and oxygen atoms in total. The third-order valence-corrected chi connectivity index (χ3v) is 4.27. The van der Waals surface area contributed by atoms with Crippen molar-refractivity contribution >= 4 is 29.5 Å². The summed E-state index contributed by atoms with van der Waals surface area (Å²) in [4.78, 5) is 48.1. The fourth-order valence-electron chi connectivity index (χ4n) is 2.71. The summed E-state index contributed by atoms with van der Waals surface area (Å²) in [7, 11) is 0. The van der Waals surface area contributed by atoms with Crippen molar-refractivity contribution in [1.82, 2.24) is 10.6 Å².